The van der Waals surface area contributed by atoms with Crippen molar-refractivity contribution in [2.75, 3.05) is 11.9 Å². The smallest absolute Gasteiger partial charge is 0.326 e. The maximum Gasteiger partial charge on any atom is 0.326 e. The molecule has 1 fully saturated rings. The Morgan fingerprint density at radius 2 is 2.00 bits per heavy atom. The molecule has 0 radical (unpaired) electrons. The van der Waals surface area contributed by atoms with Gasteiger partial charge in [-0.05, 0) is 30.9 Å². The fourth-order valence-electron chi connectivity index (χ4n) is 2.13. The number of benzene rings is 1. The number of rotatable bonds is 8. The van der Waals surface area contributed by atoms with E-state index in [0.717, 1.165) is 12.8 Å². The molecule has 1 aromatic rings. The highest BCUT2D eigenvalue weighted by molar-refractivity contribution is 5.94. The monoisotopic (exact) mass is 334 g/mol. The normalized spacial score (nSPS) is 14.8. The number of amides is 2. The number of carboxylic acid groups (broad SMARTS) is 1. The summed E-state index contributed by atoms with van der Waals surface area (Å²) in [7, 11) is 0. The molecule has 24 heavy (non-hydrogen) atoms. The SMILES string of the molecule is CC(C)[C@H](NC(=O)COc1cccc(NC(=O)C2CC2)c1)C(=O)O. The summed E-state index contributed by atoms with van der Waals surface area (Å²) in [4.78, 5) is 34.6. The molecule has 3 N–H and O–H groups in total. The van der Waals surface area contributed by atoms with Gasteiger partial charge in [0.05, 0.1) is 0 Å². The average Bonchev–Trinajstić information content (AvgIpc) is 3.35. The van der Waals surface area contributed by atoms with Gasteiger partial charge < -0.3 is 20.5 Å². The lowest BCUT2D eigenvalue weighted by Crippen LogP contribution is -2.46. The van der Waals surface area contributed by atoms with E-state index in [0.29, 0.717) is 11.4 Å². The van der Waals surface area contributed by atoms with Crippen molar-refractivity contribution in [2.24, 2.45) is 11.8 Å². The molecule has 130 valence electrons. The van der Waals surface area contributed by atoms with E-state index in [-0.39, 0.29) is 24.3 Å². The third kappa shape index (κ3) is 5.26. The number of anilines is 1. The van der Waals surface area contributed by atoms with Gasteiger partial charge in [0.1, 0.15) is 11.8 Å². The van der Waals surface area contributed by atoms with Crippen LogP contribution in [0.5, 0.6) is 5.75 Å². The molecule has 1 aromatic carbocycles. The second kappa shape index (κ2) is 7.81. The van der Waals surface area contributed by atoms with Crippen molar-refractivity contribution in [3.8, 4) is 5.75 Å². The highest BCUT2D eigenvalue weighted by atomic mass is 16.5. The number of ether oxygens (including phenoxy) is 1. The van der Waals surface area contributed by atoms with E-state index in [9.17, 15) is 14.4 Å². The minimum absolute atomic E-state index is 0.00822. The fourth-order valence-corrected chi connectivity index (χ4v) is 2.13. The molecule has 0 saturated heterocycles. The van der Waals surface area contributed by atoms with Crippen LogP contribution in [-0.2, 0) is 14.4 Å². The Kier molecular flexibility index (Phi) is 5.78. The number of carbonyl (C=O) groups excluding carboxylic acids is 2. The number of hydrogen-bond donors (Lipinski definition) is 3. The van der Waals surface area contributed by atoms with Gasteiger partial charge in [0, 0.05) is 17.7 Å². The van der Waals surface area contributed by atoms with Gasteiger partial charge in [0.25, 0.3) is 5.91 Å². The summed E-state index contributed by atoms with van der Waals surface area (Å²) in [5.41, 5.74) is 0.607. The van der Waals surface area contributed by atoms with E-state index in [4.69, 9.17) is 9.84 Å². The molecule has 1 aliphatic rings. The zero-order valence-electron chi connectivity index (χ0n) is 13.7. The van der Waals surface area contributed by atoms with Crippen LogP contribution in [0, 0.1) is 11.8 Å². The van der Waals surface area contributed by atoms with E-state index in [1.165, 1.54) is 0 Å². The van der Waals surface area contributed by atoms with Crippen LogP contribution in [0.4, 0.5) is 5.69 Å². The molecule has 7 nitrogen and oxygen atoms in total. The van der Waals surface area contributed by atoms with E-state index in [1.54, 1.807) is 38.1 Å². The Bertz CT molecular complexity index is 625. The number of carboxylic acids is 1. The number of hydrogen-bond acceptors (Lipinski definition) is 4. The summed E-state index contributed by atoms with van der Waals surface area (Å²) < 4.78 is 5.37. The predicted molar refractivity (Wildman–Crippen MR) is 87.7 cm³/mol. The minimum atomic E-state index is -1.08. The molecule has 1 aliphatic carbocycles. The molecule has 0 heterocycles. The lowest BCUT2D eigenvalue weighted by molar-refractivity contribution is -0.143. The van der Waals surface area contributed by atoms with Gasteiger partial charge in [-0.15, -0.1) is 0 Å². The van der Waals surface area contributed by atoms with Gasteiger partial charge in [-0.1, -0.05) is 19.9 Å². The number of aliphatic carboxylic acids is 1. The first-order valence-corrected chi connectivity index (χ1v) is 7.92. The molecular formula is C17H22N2O5. The Labute approximate surface area is 140 Å². The minimum Gasteiger partial charge on any atom is -0.484 e. The van der Waals surface area contributed by atoms with Crippen molar-refractivity contribution >= 4 is 23.5 Å². The van der Waals surface area contributed by atoms with Gasteiger partial charge in [-0.25, -0.2) is 4.79 Å². The first kappa shape index (κ1) is 17.8. The van der Waals surface area contributed by atoms with Crippen molar-refractivity contribution in [3.63, 3.8) is 0 Å². The number of carbonyl (C=O) groups is 3. The zero-order chi connectivity index (χ0) is 17.7. The molecule has 0 aromatic heterocycles. The maximum absolute atomic E-state index is 11.8. The molecule has 0 unspecified atom stereocenters. The van der Waals surface area contributed by atoms with Gasteiger partial charge in [0.2, 0.25) is 5.91 Å². The van der Waals surface area contributed by atoms with E-state index in [1.807, 2.05) is 0 Å². The third-order valence-electron chi connectivity index (χ3n) is 3.67. The van der Waals surface area contributed by atoms with Gasteiger partial charge >= 0.3 is 5.97 Å². The molecule has 0 aliphatic heterocycles. The highest BCUT2D eigenvalue weighted by Crippen LogP contribution is 2.30. The van der Waals surface area contributed by atoms with Crippen LogP contribution in [0.3, 0.4) is 0 Å². The van der Waals surface area contributed by atoms with Crippen LogP contribution >= 0.6 is 0 Å². The Morgan fingerprint density at radius 3 is 2.58 bits per heavy atom. The third-order valence-corrected chi connectivity index (χ3v) is 3.67. The van der Waals surface area contributed by atoms with Crippen LogP contribution in [0.1, 0.15) is 26.7 Å². The van der Waals surface area contributed by atoms with Crippen LogP contribution in [0.2, 0.25) is 0 Å². The first-order chi connectivity index (χ1) is 11.4. The summed E-state index contributed by atoms with van der Waals surface area (Å²) in [5.74, 6) is -1.30. The van der Waals surface area contributed by atoms with Crippen LogP contribution in [-0.4, -0.2) is 35.5 Å². The number of nitrogens with one attached hydrogen (secondary N) is 2. The molecule has 1 saturated carbocycles. The lowest BCUT2D eigenvalue weighted by atomic mass is 10.1. The Balaban J connectivity index is 1.85. The van der Waals surface area contributed by atoms with E-state index < -0.39 is 17.9 Å². The molecule has 0 spiro atoms. The predicted octanol–water partition coefficient (Wildman–Crippen LogP) is 1.64. The van der Waals surface area contributed by atoms with Crippen LogP contribution in [0.25, 0.3) is 0 Å². The second-order valence-corrected chi connectivity index (χ2v) is 6.21. The van der Waals surface area contributed by atoms with Crippen LogP contribution < -0.4 is 15.4 Å². The maximum atomic E-state index is 11.8. The van der Waals surface area contributed by atoms with Crippen molar-refractivity contribution < 1.29 is 24.2 Å². The lowest BCUT2D eigenvalue weighted by Gasteiger charge is -2.18. The standard InChI is InChI=1S/C17H22N2O5/c1-10(2)15(17(22)23)19-14(20)9-24-13-5-3-4-12(8-13)18-16(21)11-6-7-11/h3-5,8,10-11,15H,6-7,9H2,1-2H3,(H,18,21)(H,19,20)(H,22,23)/t15-/m0/s1. The molecular weight excluding hydrogens is 312 g/mol. The molecule has 1 atom stereocenters. The molecule has 0 bridgehead atoms. The summed E-state index contributed by atoms with van der Waals surface area (Å²) in [5, 5.41) is 14.3. The van der Waals surface area contributed by atoms with Gasteiger partial charge in [-0.3, -0.25) is 9.59 Å². The van der Waals surface area contributed by atoms with Crippen molar-refractivity contribution in [2.45, 2.75) is 32.7 Å². The average molecular weight is 334 g/mol. The molecule has 2 amide bonds. The summed E-state index contributed by atoms with van der Waals surface area (Å²) in [6.45, 7) is 3.13. The fraction of sp³-hybridized carbons (Fsp3) is 0.471. The van der Waals surface area contributed by atoms with Gasteiger partial charge in [-0.2, -0.15) is 0 Å². The molecule has 2 rings (SSSR count). The first-order valence-electron chi connectivity index (χ1n) is 7.92. The van der Waals surface area contributed by atoms with Crippen molar-refractivity contribution in [1.82, 2.24) is 5.32 Å². The summed E-state index contributed by atoms with van der Waals surface area (Å²) in [6.07, 6.45) is 1.84. The Morgan fingerprint density at radius 1 is 1.29 bits per heavy atom. The van der Waals surface area contributed by atoms with Gasteiger partial charge in [0.15, 0.2) is 6.61 Å². The topological polar surface area (TPSA) is 105 Å². The summed E-state index contributed by atoms with van der Waals surface area (Å²) in [6, 6.07) is 5.79. The quantitative estimate of drug-likeness (QED) is 0.670. The zero-order valence-corrected chi connectivity index (χ0v) is 13.7. The van der Waals surface area contributed by atoms with E-state index in [2.05, 4.69) is 10.6 Å². The largest absolute Gasteiger partial charge is 0.484 e. The molecule has 7 heteroatoms. The van der Waals surface area contributed by atoms with Crippen LogP contribution in [0.15, 0.2) is 24.3 Å². The Hall–Kier alpha value is -2.57. The van der Waals surface area contributed by atoms with Crippen molar-refractivity contribution in [3.05, 3.63) is 24.3 Å². The highest BCUT2D eigenvalue weighted by Gasteiger charge is 2.29. The second-order valence-electron chi connectivity index (χ2n) is 6.21. The summed E-state index contributed by atoms with van der Waals surface area (Å²) >= 11 is 0. The van der Waals surface area contributed by atoms with Crippen molar-refractivity contribution in [1.29, 1.82) is 0 Å². The van der Waals surface area contributed by atoms with E-state index >= 15 is 0 Å².